The van der Waals surface area contributed by atoms with E-state index in [-0.39, 0.29) is 12.2 Å². The van der Waals surface area contributed by atoms with Gasteiger partial charge in [0.05, 0.1) is 12.2 Å². The van der Waals surface area contributed by atoms with E-state index in [0.717, 1.165) is 46.1 Å². The van der Waals surface area contributed by atoms with Gasteiger partial charge in [0.1, 0.15) is 0 Å². The van der Waals surface area contributed by atoms with Crippen LogP contribution < -0.4 is 0 Å². The molecule has 0 spiro atoms. The van der Waals surface area contributed by atoms with Gasteiger partial charge >= 0.3 is 23.7 Å². The van der Waals surface area contributed by atoms with Crippen molar-refractivity contribution in [2.45, 2.75) is 145 Å². The summed E-state index contributed by atoms with van der Waals surface area (Å²) < 4.78 is 8.25. The number of aliphatic hydroxyl groups is 2. The molecule has 0 bridgehead atoms. The van der Waals surface area contributed by atoms with Gasteiger partial charge in [-0.3, -0.25) is 0 Å². The molecule has 0 rings (SSSR count). The zero-order valence-corrected chi connectivity index (χ0v) is 22.2. The van der Waals surface area contributed by atoms with Crippen LogP contribution in [0.2, 0.25) is 0 Å². The molecule has 0 aliphatic carbocycles. The zero-order chi connectivity index (χ0) is 23.1. The maximum absolute atomic E-state index is 8.68. The van der Waals surface area contributed by atoms with E-state index in [9.17, 15) is 0 Å². The number of hydrogen-bond donors (Lipinski definition) is 2. The Morgan fingerprint density at radius 2 is 0.893 bits per heavy atom. The van der Waals surface area contributed by atoms with E-state index in [1.807, 2.05) is 13.8 Å². The normalized spacial score (nSPS) is 11.1. The molecule has 0 fully saturated rings. The maximum atomic E-state index is 8.68. The topological polar surface area (TPSA) is 57.5 Å². The Bertz CT molecular complexity index is 172. The second-order valence-electron chi connectivity index (χ2n) is 7.08. The molecule has 0 amide bonds. The van der Waals surface area contributed by atoms with Crippen LogP contribution in [0.1, 0.15) is 132 Å². The quantitative estimate of drug-likeness (QED) is 0.186. The molecule has 172 valence electrons. The summed E-state index contributed by atoms with van der Waals surface area (Å²) in [5.41, 5.74) is 0. The Kier molecular flexibility index (Phi) is 63.9. The molecule has 0 radical (unpaired) electrons. The minimum absolute atomic E-state index is 0.0973. The molecule has 0 aromatic rings. The summed E-state index contributed by atoms with van der Waals surface area (Å²) in [6, 6.07) is 0. The predicted octanol–water partition coefficient (Wildman–Crippen LogP) is 7.80. The van der Waals surface area contributed by atoms with Crippen molar-refractivity contribution in [2.24, 2.45) is 0 Å². The van der Waals surface area contributed by atoms with Crippen LogP contribution in [0.3, 0.4) is 0 Å². The number of unbranched alkanes of at least 4 members (excludes halogenated alkanes) is 8. The fourth-order valence-corrected chi connectivity index (χ4v) is 1.82. The number of aliphatic hydroxyl groups excluding tert-OH is 2. The van der Waals surface area contributed by atoms with Crippen LogP contribution >= 0.6 is 0 Å². The van der Waals surface area contributed by atoms with Gasteiger partial charge in [0.15, 0.2) is 0 Å². The predicted molar refractivity (Wildman–Crippen MR) is 122 cm³/mol. The molecule has 0 saturated heterocycles. The third kappa shape index (κ3) is 82.1. The van der Waals surface area contributed by atoms with Crippen LogP contribution in [0.5, 0.6) is 0 Å². The second kappa shape index (κ2) is 45.9. The van der Waals surface area contributed by atoms with Crippen molar-refractivity contribution in [1.82, 2.24) is 0 Å². The van der Waals surface area contributed by atoms with Gasteiger partial charge in [-0.1, -0.05) is 79.1 Å². The molecule has 0 aromatic heterocycles. The Morgan fingerprint density at radius 1 is 0.643 bits per heavy atom. The van der Waals surface area contributed by atoms with E-state index in [4.69, 9.17) is 13.5 Å². The first-order chi connectivity index (χ1) is 13.4. The monoisotopic (exact) mass is 438 g/mol. The number of rotatable bonds is 12. The van der Waals surface area contributed by atoms with Crippen LogP contribution in [0.4, 0.5) is 0 Å². The molecule has 0 aliphatic rings. The Hall–Kier alpha value is 0.434. The van der Waals surface area contributed by atoms with Crippen molar-refractivity contribution in [1.29, 1.82) is 0 Å². The summed E-state index contributed by atoms with van der Waals surface area (Å²) in [5.74, 6) is 0. The van der Waals surface area contributed by atoms with Crippen LogP contribution in [0.25, 0.3) is 0 Å². The van der Waals surface area contributed by atoms with Crippen LogP contribution in [0, 0.1) is 12.8 Å². The third-order valence-electron chi connectivity index (χ3n) is 3.64. The molecule has 3 nitrogen and oxygen atoms in total. The van der Waals surface area contributed by atoms with Gasteiger partial charge in [-0.25, -0.2) is 0 Å². The van der Waals surface area contributed by atoms with Gasteiger partial charge in [-0.05, 0) is 26.7 Å². The van der Waals surface area contributed by atoms with Crippen molar-refractivity contribution < 1.29 is 33.9 Å². The zero-order valence-electron chi connectivity index (χ0n) is 20.6. The van der Waals surface area contributed by atoms with E-state index in [1.54, 1.807) is 0 Å². The van der Waals surface area contributed by atoms with Crippen molar-refractivity contribution in [3.05, 3.63) is 12.8 Å². The standard InChI is InChI=1S/2C6H14O.2C6H13.O.Ti/c2*1-3-4-5-6(2)7;2*1-3-5-6-4-2;;/h2*6-7H,3-5H2,1-2H3;2*3H,4-6H2,1-2H3;;/q;;2*-1;;+2. The molecule has 2 atom stereocenters. The summed E-state index contributed by atoms with van der Waals surface area (Å²) in [4.78, 5) is 0. The van der Waals surface area contributed by atoms with Gasteiger partial charge in [0.25, 0.3) is 0 Å². The van der Waals surface area contributed by atoms with E-state index in [0.29, 0.717) is 0 Å². The van der Waals surface area contributed by atoms with E-state index in [2.05, 4.69) is 54.4 Å². The average Bonchev–Trinajstić information content (AvgIpc) is 2.70. The van der Waals surface area contributed by atoms with Gasteiger partial charge in [0, 0.05) is 0 Å². The first-order valence-corrected chi connectivity index (χ1v) is 12.1. The van der Waals surface area contributed by atoms with Crippen LogP contribution in [0.15, 0.2) is 0 Å². The van der Waals surface area contributed by atoms with Crippen molar-refractivity contribution in [3.63, 3.8) is 0 Å². The van der Waals surface area contributed by atoms with Gasteiger partial charge in [-0.2, -0.15) is 26.7 Å². The summed E-state index contributed by atoms with van der Waals surface area (Å²) >= 11 is 0.750. The molecular weight excluding hydrogens is 384 g/mol. The van der Waals surface area contributed by atoms with E-state index < -0.39 is 0 Å². The van der Waals surface area contributed by atoms with Crippen LogP contribution in [-0.4, -0.2) is 22.4 Å². The summed E-state index contributed by atoms with van der Waals surface area (Å²) in [6.45, 7) is 16.5. The summed E-state index contributed by atoms with van der Waals surface area (Å²) in [7, 11) is 0. The second-order valence-corrected chi connectivity index (χ2v) is 7.08. The summed E-state index contributed by atoms with van der Waals surface area (Å²) in [5, 5.41) is 17.4. The van der Waals surface area contributed by atoms with E-state index in [1.165, 1.54) is 51.4 Å². The Balaban J connectivity index is -0.0000000816. The molecule has 4 heteroatoms. The van der Waals surface area contributed by atoms with Gasteiger partial charge in [0.2, 0.25) is 0 Å². The van der Waals surface area contributed by atoms with Crippen molar-refractivity contribution >= 4 is 0 Å². The number of hydrogen-bond acceptors (Lipinski definition) is 3. The molecule has 2 unspecified atom stereocenters. The van der Waals surface area contributed by atoms with Crippen LogP contribution in [-0.2, 0) is 23.7 Å². The summed E-state index contributed by atoms with van der Waals surface area (Å²) in [6.07, 6.45) is 18.7. The molecule has 0 saturated carbocycles. The molecule has 0 aromatic carbocycles. The molecule has 0 heterocycles. The molecule has 28 heavy (non-hydrogen) atoms. The first-order valence-electron chi connectivity index (χ1n) is 11.5. The van der Waals surface area contributed by atoms with E-state index >= 15 is 0 Å². The third-order valence-corrected chi connectivity index (χ3v) is 3.64. The minimum atomic E-state index is -0.0973. The average molecular weight is 439 g/mol. The van der Waals surface area contributed by atoms with Crippen molar-refractivity contribution in [2.75, 3.05) is 0 Å². The molecule has 0 aliphatic heterocycles. The fourth-order valence-electron chi connectivity index (χ4n) is 1.82. The fraction of sp³-hybridized carbons (Fsp3) is 0.917. The van der Waals surface area contributed by atoms with Crippen molar-refractivity contribution in [3.8, 4) is 0 Å². The SMILES string of the molecule is CCCCC(C)O.CCCCC(C)O.C[CH-]CCCC.C[CH-]CCCC.[O]=[Ti+2]. The molecule has 2 N–H and O–H groups in total. The molecular formula is C24H54O3Ti. The van der Waals surface area contributed by atoms with Gasteiger partial charge < -0.3 is 23.1 Å². The van der Waals surface area contributed by atoms with Gasteiger partial charge in [-0.15, -0.1) is 0 Å². The Morgan fingerprint density at radius 3 is 0.964 bits per heavy atom. The first kappa shape index (κ1) is 39.0. The Labute approximate surface area is 191 Å².